The van der Waals surface area contributed by atoms with Crippen LogP contribution in [0.4, 0.5) is 0 Å². The zero-order valence-electron chi connectivity index (χ0n) is 11.5. The minimum Gasteiger partial charge on any atom is -0.478 e. The SMILES string of the molecule is CC(=O)N1CCN(C(=O)c2cc(Br)cc(C(=O)O)c2)CC1. The predicted molar refractivity (Wildman–Crippen MR) is 79.3 cm³/mol. The van der Waals surface area contributed by atoms with E-state index in [9.17, 15) is 14.4 Å². The van der Waals surface area contributed by atoms with Crippen molar-refractivity contribution in [3.63, 3.8) is 0 Å². The molecule has 6 nitrogen and oxygen atoms in total. The van der Waals surface area contributed by atoms with E-state index in [-0.39, 0.29) is 17.4 Å². The van der Waals surface area contributed by atoms with E-state index < -0.39 is 5.97 Å². The van der Waals surface area contributed by atoms with Crippen LogP contribution in [0.15, 0.2) is 22.7 Å². The molecular weight excluding hydrogens is 340 g/mol. The maximum atomic E-state index is 12.4. The van der Waals surface area contributed by atoms with Crippen LogP contribution in [0, 0.1) is 0 Å². The number of nitrogens with zero attached hydrogens (tertiary/aromatic N) is 2. The normalized spacial score (nSPS) is 15.0. The molecule has 0 saturated carbocycles. The van der Waals surface area contributed by atoms with Crippen molar-refractivity contribution in [3.8, 4) is 0 Å². The highest BCUT2D eigenvalue weighted by Gasteiger charge is 2.24. The Hall–Kier alpha value is -1.89. The summed E-state index contributed by atoms with van der Waals surface area (Å²) in [6.07, 6.45) is 0. The average molecular weight is 355 g/mol. The van der Waals surface area contributed by atoms with Crippen LogP contribution >= 0.6 is 15.9 Å². The highest BCUT2D eigenvalue weighted by molar-refractivity contribution is 9.10. The summed E-state index contributed by atoms with van der Waals surface area (Å²) < 4.78 is 0.549. The molecule has 21 heavy (non-hydrogen) atoms. The third-order valence-corrected chi connectivity index (χ3v) is 3.86. The highest BCUT2D eigenvalue weighted by atomic mass is 79.9. The van der Waals surface area contributed by atoms with Crippen LogP contribution in [0.2, 0.25) is 0 Å². The number of piperazine rings is 1. The lowest BCUT2D eigenvalue weighted by Gasteiger charge is -2.34. The molecule has 1 aromatic rings. The molecule has 1 aromatic carbocycles. The first-order valence-corrected chi connectivity index (χ1v) is 7.26. The second kappa shape index (κ2) is 6.26. The van der Waals surface area contributed by atoms with Gasteiger partial charge in [-0.3, -0.25) is 9.59 Å². The number of halogens is 1. The number of carboxylic acids is 1. The quantitative estimate of drug-likeness (QED) is 0.871. The van der Waals surface area contributed by atoms with Gasteiger partial charge in [-0.1, -0.05) is 15.9 Å². The first-order valence-electron chi connectivity index (χ1n) is 6.47. The van der Waals surface area contributed by atoms with Crippen molar-refractivity contribution in [2.24, 2.45) is 0 Å². The van der Waals surface area contributed by atoms with Crippen molar-refractivity contribution in [1.82, 2.24) is 9.80 Å². The van der Waals surface area contributed by atoms with E-state index in [1.54, 1.807) is 15.9 Å². The molecule has 1 aliphatic rings. The van der Waals surface area contributed by atoms with Gasteiger partial charge in [-0.05, 0) is 18.2 Å². The number of amides is 2. The fourth-order valence-electron chi connectivity index (χ4n) is 2.24. The number of benzene rings is 1. The minimum absolute atomic E-state index is 0.00211. The predicted octanol–water partition coefficient (Wildman–Crippen LogP) is 1.45. The molecule has 0 spiro atoms. The van der Waals surface area contributed by atoms with Gasteiger partial charge in [0.15, 0.2) is 0 Å². The number of rotatable bonds is 2. The Bertz CT molecular complexity index is 595. The molecule has 1 N–H and O–H groups in total. The Labute approximate surface area is 130 Å². The molecule has 1 saturated heterocycles. The largest absolute Gasteiger partial charge is 0.478 e. The fraction of sp³-hybridized carbons (Fsp3) is 0.357. The van der Waals surface area contributed by atoms with E-state index in [1.165, 1.54) is 19.1 Å². The molecule has 0 radical (unpaired) electrons. The second-order valence-electron chi connectivity index (χ2n) is 4.83. The van der Waals surface area contributed by atoms with Gasteiger partial charge in [0.1, 0.15) is 0 Å². The third-order valence-electron chi connectivity index (χ3n) is 3.40. The van der Waals surface area contributed by atoms with E-state index in [0.29, 0.717) is 36.2 Å². The van der Waals surface area contributed by atoms with Crippen LogP contribution in [0.25, 0.3) is 0 Å². The van der Waals surface area contributed by atoms with E-state index in [0.717, 1.165) is 0 Å². The Kier molecular flexibility index (Phi) is 4.62. The van der Waals surface area contributed by atoms with Crippen LogP contribution in [-0.4, -0.2) is 58.9 Å². The first kappa shape index (κ1) is 15.5. The van der Waals surface area contributed by atoms with Gasteiger partial charge in [-0.25, -0.2) is 4.79 Å². The van der Waals surface area contributed by atoms with E-state index in [4.69, 9.17) is 5.11 Å². The van der Waals surface area contributed by atoms with Gasteiger partial charge in [0.25, 0.3) is 5.91 Å². The maximum Gasteiger partial charge on any atom is 0.335 e. The molecule has 1 aliphatic heterocycles. The summed E-state index contributed by atoms with van der Waals surface area (Å²) >= 11 is 3.22. The summed E-state index contributed by atoms with van der Waals surface area (Å²) in [6.45, 7) is 3.41. The summed E-state index contributed by atoms with van der Waals surface area (Å²) in [5.41, 5.74) is 0.396. The van der Waals surface area contributed by atoms with Gasteiger partial charge in [-0.2, -0.15) is 0 Å². The molecule has 7 heteroatoms. The Morgan fingerprint density at radius 1 is 1.00 bits per heavy atom. The topological polar surface area (TPSA) is 77.9 Å². The zero-order valence-corrected chi connectivity index (χ0v) is 13.1. The Morgan fingerprint density at radius 3 is 2.05 bits per heavy atom. The second-order valence-corrected chi connectivity index (χ2v) is 5.75. The van der Waals surface area contributed by atoms with Crippen molar-refractivity contribution >= 4 is 33.7 Å². The van der Waals surface area contributed by atoms with E-state index in [2.05, 4.69) is 15.9 Å². The molecule has 2 rings (SSSR count). The van der Waals surface area contributed by atoms with Crippen molar-refractivity contribution in [3.05, 3.63) is 33.8 Å². The third kappa shape index (κ3) is 3.60. The standard InChI is InChI=1S/C14H15BrN2O4/c1-9(18)16-2-4-17(5-3-16)13(19)10-6-11(14(20)21)8-12(15)7-10/h6-8H,2-5H2,1H3,(H,20,21). The van der Waals surface area contributed by atoms with Gasteiger partial charge in [-0.15, -0.1) is 0 Å². The lowest BCUT2D eigenvalue weighted by Crippen LogP contribution is -2.50. The Morgan fingerprint density at radius 2 is 1.52 bits per heavy atom. The Balaban J connectivity index is 2.14. The summed E-state index contributed by atoms with van der Waals surface area (Å²) in [6, 6.07) is 4.42. The van der Waals surface area contributed by atoms with Gasteiger partial charge in [0.05, 0.1) is 5.56 Å². The number of carbonyl (C=O) groups is 3. The summed E-state index contributed by atoms with van der Waals surface area (Å²) in [4.78, 5) is 38.0. The molecule has 1 heterocycles. The smallest absolute Gasteiger partial charge is 0.335 e. The molecular formula is C14H15BrN2O4. The zero-order chi connectivity index (χ0) is 15.6. The fourth-order valence-corrected chi connectivity index (χ4v) is 2.74. The van der Waals surface area contributed by atoms with Crippen LogP contribution in [0.3, 0.4) is 0 Å². The number of carbonyl (C=O) groups excluding carboxylic acids is 2. The molecule has 112 valence electrons. The average Bonchev–Trinajstić information content (AvgIpc) is 2.45. The number of hydrogen-bond acceptors (Lipinski definition) is 3. The van der Waals surface area contributed by atoms with Crippen molar-refractivity contribution < 1.29 is 19.5 Å². The van der Waals surface area contributed by atoms with E-state index >= 15 is 0 Å². The lowest BCUT2D eigenvalue weighted by molar-refractivity contribution is -0.130. The molecule has 0 unspecified atom stereocenters. The van der Waals surface area contributed by atoms with Gasteiger partial charge in [0.2, 0.25) is 5.91 Å². The molecule has 0 bridgehead atoms. The minimum atomic E-state index is -1.08. The van der Waals surface area contributed by atoms with Gasteiger partial charge in [0, 0.05) is 43.1 Å². The van der Waals surface area contributed by atoms with Crippen molar-refractivity contribution in [2.75, 3.05) is 26.2 Å². The van der Waals surface area contributed by atoms with E-state index in [1.807, 2.05) is 0 Å². The first-order chi connectivity index (χ1) is 9.88. The summed E-state index contributed by atoms with van der Waals surface area (Å²) in [5, 5.41) is 9.03. The van der Waals surface area contributed by atoms with Crippen LogP contribution < -0.4 is 0 Å². The molecule has 0 aromatic heterocycles. The summed E-state index contributed by atoms with van der Waals surface area (Å²) in [7, 11) is 0. The summed E-state index contributed by atoms with van der Waals surface area (Å²) in [5.74, 6) is -1.30. The monoisotopic (exact) mass is 354 g/mol. The van der Waals surface area contributed by atoms with Crippen molar-refractivity contribution in [1.29, 1.82) is 0 Å². The van der Waals surface area contributed by atoms with Crippen LogP contribution in [-0.2, 0) is 4.79 Å². The number of hydrogen-bond donors (Lipinski definition) is 1. The number of carboxylic acid groups (broad SMARTS) is 1. The molecule has 0 aliphatic carbocycles. The highest BCUT2D eigenvalue weighted by Crippen LogP contribution is 2.18. The molecule has 0 atom stereocenters. The molecule has 2 amide bonds. The van der Waals surface area contributed by atoms with Gasteiger partial charge >= 0.3 is 5.97 Å². The van der Waals surface area contributed by atoms with Crippen LogP contribution in [0.1, 0.15) is 27.6 Å². The lowest BCUT2D eigenvalue weighted by atomic mass is 10.1. The number of aromatic carboxylic acids is 1. The van der Waals surface area contributed by atoms with Crippen molar-refractivity contribution in [2.45, 2.75) is 6.92 Å². The maximum absolute atomic E-state index is 12.4. The molecule has 1 fully saturated rings. The van der Waals surface area contributed by atoms with Crippen LogP contribution in [0.5, 0.6) is 0 Å². The van der Waals surface area contributed by atoms with Gasteiger partial charge < -0.3 is 14.9 Å².